The van der Waals surface area contributed by atoms with E-state index in [9.17, 15) is 13.6 Å². The Bertz CT molecular complexity index is 895. The highest BCUT2D eigenvalue weighted by molar-refractivity contribution is 7.99. The number of nitrogens with one attached hydrogen (secondary N) is 1. The Morgan fingerprint density at radius 1 is 1.18 bits per heavy atom. The Kier molecular flexibility index (Phi) is 3.94. The quantitative estimate of drug-likeness (QED) is 0.741. The molecule has 0 aliphatic heterocycles. The third-order valence-corrected chi connectivity index (χ3v) is 4.36. The van der Waals surface area contributed by atoms with Crippen molar-refractivity contribution in [2.24, 2.45) is 0 Å². The van der Waals surface area contributed by atoms with Crippen LogP contribution in [0.3, 0.4) is 0 Å². The molecule has 0 unspecified atom stereocenters. The van der Waals surface area contributed by atoms with Gasteiger partial charge in [0.05, 0.1) is 16.2 Å². The molecule has 1 N–H and O–H groups in total. The highest BCUT2D eigenvalue weighted by Gasteiger charge is 2.15. The third-order valence-electron chi connectivity index (χ3n) is 3.21. The molecule has 1 atom stereocenters. The summed E-state index contributed by atoms with van der Waals surface area (Å²) in [7, 11) is 0. The van der Waals surface area contributed by atoms with E-state index in [1.165, 1.54) is 0 Å². The van der Waals surface area contributed by atoms with Crippen LogP contribution >= 0.6 is 11.8 Å². The first-order valence-corrected chi connectivity index (χ1v) is 7.53. The topological polar surface area (TPSA) is 45.8 Å². The number of aromatic nitrogens is 2. The molecule has 22 heavy (non-hydrogen) atoms. The molecule has 0 bridgehead atoms. The first kappa shape index (κ1) is 14.7. The van der Waals surface area contributed by atoms with Gasteiger partial charge in [-0.2, -0.15) is 0 Å². The number of halogens is 2. The van der Waals surface area contributed by atoms with Gasteiger partial charge in [-0.1, -0.05) is 12.1 Å². The summed E-state index contributed by atoms with van der Waals surface area (Å²) in [4.78, 5) is 19.3. The fourth-order valence-electron chi connectivity index (χ4n) is 2.11. The molecule has 0 radical (unpaired) electrons. The predicted octanol–water partition coefficient (Wildman–Crippen LogP) is 4.05. The second-order valence-corrected chi connectivity index (χ2v) is 6.19. The first-order chi connectivity index (χ1) is 10.5. The molecule has 1 heterocycles. The molecule has 0 aliphatic rings. The van der Waals surface area contributed by atoms with Crippen LogP contribution in [0.25, 0.3) is 10.9 Å². The van der Waals surface area contributed by atoms with Crippen molar-refractivity contribution in [1.82, 2.24) is 9.97 Å². The molecule has 0 aliphatic carbocycles. The number of thioether (sulfide) groups is 1. The van der Waals surface area contributed by atoms with Crippen LogP contribution in [0.5, 0.6) is 0 Å². The highest BCUT2D eigenvalue weighted by Crippen LogP contribution is 2.34. The molecular formula is C16H12F2N2OS. The lowest BCUT2D eigenvalue weighted by Crippen LogP contribution is -2.12. The van der Waals surface area contributed by atoms with Crippen molar-refractivity contribution in [3.05, 3.63) is 70.3 Å². The van der Waals surface area contributed by atoms with Crippen LogP contribution < -0.4 is 5.56 Å². The summed E-state index contributed by atoms with van der Waals surface area (Å²) >= 11 is 1.11. The minimum atomic E-state index is -0.504. The number of H-pyrrole nitrogens is 1. The Labute approximate surface area is 129 Å². The van der Waals surface area contributed by atoms with Crippen LogP contribution in [0.1, 0.15) is 18.0 Å². The van der Waals surface area contributed by atoms with Crippen molar-refractivity contribution in [3.8, 4) is 0 Å². The Morgan fingerprint density at radius 3 is 2.77 bits per heavy atom. The minimum Gasteiger partial charge on any atom is -0.309 e. The second-order valence-electron chi connectivity index (χ2n) is 4.80. The molecule has 0 saturated carbocycles. The van der Waals surface area contributed by atoms with Gasteiger partial charge in [-0.05, 0) is 37.3 Å². The average molecular weight is 318 g/mol. The zero-order valence-electron chi connectivity index (χ0n) is 11.6. The number of fused-ring (bicyclic) bond motifs is 1. The fraction of sp³-hybridized carbons (Fsp3) is 0.125. The van der Waals surface area contributed by atoms with Crippen molar-refractivity contribution in [3.63, 3.8) is 0 Å². The lowest BCUT2D eigenvalue weighted by atomic mass is 10.2. The molecular weight excluding hydrogens is 306 g/mol. The molecule has 6 heteroatoms. The van der Waals surface area contributed by atoms with Crippen LogP contribution in [0.4, 0.5) is 8.78 Å². The number of para-hydroxylation sites is 1. The maximum absolute atomic E-state index is 13.7. The maximum atomic E-state index is 13.7. The van der Waals surface area contributed by atoms with E-state index in [0.29, 0.717) is 16.7 Å². The van der Waals surface area contributed by atoms with Gasteiger partial charge in [-0.3, -0.25) is 4.79 Å². The molecule has 3 aromatic rings. The average Bonchev–Trinajstić information content (AvgIpc) is 2.51. The van der Waals surface area contributed by atoms with Crippen LogP contribution in [0.15, 0.2) is 52.2 Å². The summed E-state index contributed by atoms with van der Waals surface area (Å²) in [6.07, 6.45) is 0. The monoisotopic (exact) mass is 318 g/mol. The Hall–Kier alpha value is -2.21. The normalized spacial score (nSPS) is 12.5. The molecule has 3 nitrogen and oxygen atoms in total. The summed E-state index contributed by atoms with van der Waals surface area (Å²) in [6.45, 7) is 1.78. The molecule has 112 valence electrons. The van der Waals surface area contributed by atoms with E-state index in [4.69, 9.17) is 0 Å². The van der Waals surface area contributed by atoms with E-state index >= 15 is 0 Å². The van der Waals surface area contributed by atoms with E-state index < -0.39 is 11.6 Å². The van der Waals surface area contributed by atoms with Crippen LogP contribution in [-0.4, -0.2) is 9.97 Å². The molecule has 3 rings (SSSR count). The molecule has 0 spiro atoms. The largest absolute Gasteiger partial charge is 0.309 e. The van der Waals surface area contributed by atoms with E-state index in [0.717, 1.165) is 30.0 Å². The van der Waals surface area contributed by atoms with Crippen molar-refractivity contribution in [2.75, 3.05) is 0 Å². The summed E-state index contributed by atoms with van der Waals surface area (Å²) < 4.78 is 26.9. The molecule has 0 saturated heterocycles. The van der Waals surface area contributed by atoms with Gasteiger partial charge in [-0.15, -0.1) is 11.8 Å². The molecule has 2 aromatic carbocycles. The van der Waals surface area contributed by atoms with Crippen molar-refractivity contribution >= 4 is 22.7 Å². The highest BCUT2D eigenvalue weighted by atomic mass is 32.2. The van der Waals surface area contributed by atoms with Crippen LogP contribution in [0.2, 0.25) is 0 Å². The zero-order valence-corrected chi connectivity index (χ0v) is 12.5. The van der Waals surface area contributed by atoms with Gasteiger partial charge in [0.15, 0.2) is 0 Å². The van der Waals surface area contributed by atoms with Gasteiger partial charge in [0.2, 0.25) is 0 Å². The third kappa shape index (κ3) is 2.87. The lowest BCUT2D eigenvalue weighted by Gasteiger charge is -2.12. The maximum Gasteiger partial charge on any atom is 0.258 e. The van der Waals surface area contributed by atoms with Crippen molar-refractivity contribution in [2.45, 2.75) is 17.1 Å². The van der Waals surface area contributed by atoms with Gasteiger partial charge in [0, 0.05) is 4.90 Å². The molecule has 0 fully saturated rings. The van der Waals surface area contributed by atoms with Gasteiger partial charge in [-0.25, -0.2) is 13.8 Å². The van der Waals surface area contributed by atoms with Gasteiger partial charge >= 0.3 is 0 Å². The summed E-state index contributed by atoms with van der Waals surface area (Å²) in [5.41, 5.74) is 0.334. The minimum absolute atomic E-state index is 0.184. The van der Waals surface area contributed by atoms with E-state index in [2.05, 4.69) is 9.97 Å². The van der Waals surface area contributed by atoms with Gasteiger partial charge in [0.25, 0.3) is 5.56 Å². The number of aromatic amines is 1. The van der Waals surface area contributed by atoms with Crippen LogP contribution in [-0.2, 0) is 0 Å². The Balaban J connectivity index is 1.97. The first-order valence-electron chi connectivity index (χ1n) is 6.65. The summed E-state index contributed by atoms with van der Waals surface area (Å²) in [5, 5.41) is 0.175. The SMILES string of the molecule is C[C@@H](Sc1cc(F)ccc1F)c1nc2ccccc2c(=O)[nH]1. The van der Waals surface area contributed by atoms with E-state index in [1.54, 1.807) is 31.2 Å². The van der Waals surface area contributed by atoms with Gasteiger partial charge < -0.3 is 4.98 Å². The van der Waals surface area contributed by atoms with Crippen molar-refractivity contribution in [1.29, 1.82) is 0 Å². The summed E-state index contributed by atoms with van der Waals surface area (Å²) in [6, 6.07) is 10.3. The standard InChI is InChI=1S/C16H12F2N2OS/c1-9(22-14-8-10(17)6-7-12(14)18)15-19-13-5-3-2-4-11(13)16(21)20-15/h2-9H,1H3,(H,19,20,21)/t9-/m1/s1. The smallest absolute Gasteiger partial charge is 0.258 e. The number of rotatable bonds is 3. The lowest BCUT2D eigenvalue weighted by molar-refractivity contribution is 0.576. The predicted molar refractivity (Wildman–Crippen MR) is 83.0 cm³/mol. The Morgan fingerprint density at radius 2 is 1.95 bits per heavy atom. The molecule has 1 aromatic heterocycles. The second kappa shape index (κ2) is 5.88. The number of hydrogen-bond donors (Lipinski definition) is 1. The summed E-state index contributed by atoms with van der Waals surface area (Å²) in [5.74, 6) is -0.574. The number of hydrogen-bond acceptors (Lipinski definition) is 3. The number of benzene rings is 2. The van der Waals surface area contributed by atoms with Crippen molar-refractivity contribution < 1.29 is 8.78 Å². The van der Waals surface area contributed by atoms with Crippen LogP contribution in [0, 0.1) is 11.6 Å². The fourth-order valence-corrected chi connectivity index (χ4v) is 3.08. The molecule has 0 amide bonds. The number of nitrogens with zero attached hydrogens (tertiary/aromatic N) is 1. The van der Waals surface area contributed by atoms with E-state index in [-0.39, 0.29) is 15.7 Å². The van der Waals surface area contributed by atoms with Gasteiger partial charge in [0.1, 0.15) is 17.5 Å². The zero-order chi connectivity index (χ0) is 15.7. The van der Waals surface area contributed by atoms with E-state index in [1.807, 2.05) is 0 Å².